The van der Waals surface area contributed by atoms with Crippen molar-refractivity contribution in [3.63, 3.8) is 0 Å². The third kappa shape index (κ3) is 1.16. The molecule has 0 spiro atoms. The van der Waals surface area contributed by atoms with Crippen LogP contribution in [0.1, 0.15) is 0 Å². The topological polar surface area (TPSA) is 21.7 Å². The minimum Gasteiger partial charge on any atom is -0.486 e. The lowest BCUT2D eigenvalue weighted by molar-refractivity contribution is 0.178. The van der Waals surface area contributed by atoms with E-state index >= 15 is 0 Å². The predicted molar refractivity (Wildman–Crippen MR) is 40.7 cm³/mol. The van der Waals surface area contributed by atoms with E-state index in [1.165, 1.54) is 11.8 Å². The number of methoxy groups -OCH3 is 2. The maximum absolute atomic E-state index is 5.06. The Labute approximate surface area is 65.0 Å². The Morgan fingerprint density at radius 3 is 2.50 bits per heavy atom. The number of ether oxygens (including phenoxy) is 2. The van der Waals surface area contributed by atoms with Gasteiger partial charge in [-0.3, -0.25) is 0 Å². The molecule has 0 amide bonds. The van der Waals surface area contributed by atoms with Crippen LogP contribution in [0.5, 0.6) is 0 Å². The molecule has 3 nitrogen and oxygen atoms in total. The lowest BCUT2D eigenvalue weighted by Crippen LogP contribution is -2.10. The highest BCUT2D eigenvalue weighted by Crippen LogP contribution is 2.34. The first kappa shape index (κ1) is 7.60. The van der Waals surface area contributed by atoms with Crippen molar-refractivity contribution in [3.8, 4) is 0 Å². The monoisotopic (exact) mass is 160 g/mol. The number of nitrogens with zero attached hydrogens (tertiary/aromatic N) is 1. The van der Waals surface area contributed by atoms with Crippen LogP contribution in [0, 0.1) is 5.88 Å². The van der Waals surface area contributed by atoms with Gasteiger partial charge in [-0.1, -0.05) is 11.8 Å². The largest absolute Gasteiger partial charge is 0.486 e. The number of hydrogen-bond donors (Lipinski definition) is 0. The van der Waals surface area contributed by atoms with Crippen LogP contribution in [0.15, 0.2) is 11.0 Å². The summed E-state index contributed by atoms with van der Waals surface area (Å²) in [7, 11) is 5.18. The minimum atomic E-state index is 0.771. The van der Waals surface area contributed by atoms with Gasteiger partial charge in [-0.25, -0.2) is 0 Å². The number of rotatable bonds is 2. The second kappa shape index (κ2) is 3.05. The third-order valence-corrected chi connectivity index (χ3v) is 2.17. The molecule has 1 aliphatic rings. The van der Waals surface area contributed by atoms with E-state index in [0.29, 0.717) is 0 Å². The van der Waals surface area contributed by atoms with Crippen LogP contribution in [0.3, 0.4) is 0 Å². The summed E-state index contributed by atoms with van der Waals surface area (Å²) in [6.45, 7) is 0. The van der Waals surface area contributed by atoms with Crippen LogP contribution in [-0.2, 0) is 9.47 Å². The Balaban J connectivity index is 2.71. The first-order valence-electron chi connectivity index (χ1n) is 2.84. The van der Waals surface area contributed by atoms with Crippen LogP contribution in [-0.4, -0.2) is 26.2 Å². The van der Waals surface area contributed by atoms with Gasteiger partial charge in [0.1, 0.15) is 5.88 Å². The van der Waals surface area contributed by atoms with Gasteiger partial charge in [0.25, 0.3) is 0 Å². The number of thioether (sulfide) groups is 1. The van der Waals surface area contributed by atoms with Gasteiger partial charge in [0.2, 0.25) is 11.0 Å². The zero-order valence-corrected chi connectivity index (χ0v) is 7.07. The van der Waals surface area contributed by atoms with Crippen LogP contribution in [0.25, 0.3) is 0 Å². The van der Waals surface area contributed by atoms with Crippen molar-refractivity contribution in [1.29, 1.82) is 0 Å². The molecule has 0 unspecified atom stereocenters. The van der Waals surface area contributed by atoms with Crippen LogP contribution >= 0.6 is 11.8 Å². The lowest BCUT2D eigenvalue weighted by atomic mass is 10.7. The zero-order valence-electron chi connectivity index (χ0n) is 6.25. The summed E-state index contributed by atoms with van der Waals surface area (Å²) in [6, 6.07) is 0. The molecule has 0 atom stereocenters. The molecular formula is C6H10NO2S. The second-order valence-electron chi connectivity index (χ2n) is 1.84. The van der Waals surface area contributed by atoms with Crippen molar-refractivity contribution < 1.29 is 9.47 Å². The molecule has 0 saturated heterocycles. The summed E-state index contributed by atoms with van der Waals surface area (Å²) in [5.41, 5.74) is 0. The fraction of sp³-hybridized carbons (Fsp3) is 0.500. The van der Waals surface area contributed by atoms with Gasteiger partial charge >= 0.3 is 0 Å². The summed E-state index contributed by atoms with van der Waals surface area (Å²) in [5.74, 6) is 2.70. The molecule has 1 aliphatic heterocycles. The molecule has 1 radical (unpaired) electrons. The van der Waals surface area contributed by atoms with E-state index in [2.05, 4.69) is 0 Å². The van der Waals surface area contributed by atoms with Crippen molar-refractivity contribution in [2.45, 2.75) is 0 Å². The first-order valence-corrected chi connectivity index (χ1v) is 3.72. The molecule has 0 aromatic rings. The highest BCUT2D eigenvalue weighted by molar-refractivity contribution is 8.04. The first-order chi connectivity index (χ1) is 4.79. The molecule has 1 rings (SSSR count). The van der Waals surface area contributed by atoms with Crippen molar-refractivity contribution in [2.75, 3.05) is 21.3 Å². The standard InChI is InChI=1S/C6H10NO2S/c1-7-4-10-6(9-3)5(7)8-2/h4H,1-3H3. The summed E-state index contributed by atoms with van der Waals surface area (Å²) in [5, 5.41) is 0.810. The lowest BCUT2D eigenvalue weighted by Gasteiger charge is -2.11. The predicted octanol–water partition coefficient (Wildman–Crippen LogP) is 1.20. The van der Waals surface area contributed by atoms with E-state index in [-0.39, 0.29) is 0 Å². The molecule has 0 N–H and O–H groups in total. The van der Waals surface area contributed by atoms with Gasteiger partial charge < -0.3 is 14.4 Å². The van der Waals surface area contributed by atoms with Gasteiger partial charge in [0.05, 0.1) is 14.2 Å². The molecule has 57 valence electrons. The smallest absolute Gasteiger partial charge is 0.240 e. The van der Waals surface area contributed by atoms with Gasteiger partial charge in [-0.2, -0.15) is 0 Å². The van der Waals surface area contributed by atoms with Crippen molar-refractivity contribution in [3.05, 3.63) is 16.9 Å². The summed E-state index contributed by atoms with van der Waals surface area (Å²) < 4.78 is 10.1. The Morgan fingerprint density at radius 2 is 2.10 bits per heavy atom. The Morgan fingerprint density at radius 1 is 1.40 bits per heavy atom. The van der Waals surface area contributed by atoms with Gasteiger partial charge in [-0.05, 0) is 0 Å². The van der Waals surface area contributed by atoms with E-state index in [1.807, 2.05) is 17.8 Å². The van der Waals surface area contributed by atoms with Gasteiger partial charge in [0.15, 0.2) is 0 Å². The van der Waals surface area contributed by atoms with Crippen LogP contribution in [0.2, 0.25) is 0 Å². The summed E-state index contributed by atoms with van der Waals surface area (Å²) in [4.78, 5) is 1.88. The molecule has 1 heterocycles. The molecule has 10 heavy (non-hydrogen) atoms. The van der Waals surface area contributed by atoms with Crippen molar-refractivity contribution in [2.24, 2.45) is 0 Å². The molecule has 0 aliphatic carbocycles. The molecule has 0 saturated carbocycles. The molecular weight excluding hydrogens is 150 g/mol. The van der Waals surface area contributed by atoms with Crippen LogP contribution < -0.4 is 0 Å². The third-order valence-electron chi connectivity index (χ3n) is 1.19. The molecule has 0 bridgehead atoms. The van der Waals surface area contributed by atoms with E-state index in [4.69, 9.17) is 9.47 Å². The average Bonchev–Trinajstić information content (AvgIpc) is 2.30. The molecule has 0 aromatic carbocycles. The van der Waals surface area contributed by atoms with E-state index in [0.717, 1.165) is 11.0 Å². The Kier molecular flexibility index (Phi) is 2.32. The molecule has 0 fully saturated rings. The fourth-order valence-corrected chi connectivity index (χ4v) is 1.51. The second-order valence-corrected chi connectivity index (χ2v) is 2.65. The maximum atomic E-state index is 5.06. The highest BCUT2D eigenvalue weighted by Gasteiger charge is 2.21. The molecule has 4 heteroatoms. The van der Waals surface area contributed by atoms with Crippen molar-refractivity contribution >= 4 is 11.8 Å². The van der Waals surface area contributed by atoms with E-state index < -0.39 is 0 Å². The average molecular weight is 160 g/mol. The fourth-order valence-electron chi connectivity index (χ4n) is 0.732. The highest BCUT2D eigenvalue weighted by atomic mass is 32.2. The minimum absolute atomic E-state index is 0.771. The Hall–Kier alpha value is -0.510. The van der Waals surface area contributed by atoms with E-state index in [9.17, 15) is 0 Å². The Bertz CT molecular complexity index is 158. The van der Waals surface area contributed by atoms with Crippen LogP contribution in [0.4, 0.5) is 0 Å². The molecule has 0 aromatic heterocycles. The SMILES string of the molecule is COC1=C(OC)N(C)[CH]S1. The van der Waals surface area contributed by atoms with Gasteiger partial charge in [0, 0.05) is 7.05 Å². The summed E-state index contributed by atoms with van der Waals surface area (Å²) >= 11 is 1.52. The summed E-state index contributed by atoms with van der Waals surface area (Å²) in [6.07, 6.45) is 0. The number of hydrogen-bond acceptors (Lipinski definition) is 4. The van der Waals surface area contributed by atoms with E-state index in [1.54, 1.807) is 14.2 Å². The quantitative estimate of drug-likeness (QED) is 0.605. The van der Waals surface area contributed by atoms with Crippen molar-refractivity contribution in [1.82, 2.24) is 4.90 Å². The maximum Gasteiger partial charge on any atom is 0.240 e. The normalized spacial score (nSPS) is 18.1. The zero-order chi connectivity index (χ0) is 7.56. The van der Waals surface area contributed by atoms with Gasteiger partial charge in [-0.15, -0.1) is 0 Å².